The fourth-order valence-corrected chi connectivity index (χ4v) is 4.16. The van der Waals surface area contributed by atoms with Gasteiger partial charge in [0.15, 0.2) is 0 Å². The molecule has 2 heterocycles. The average molecular weight is 372 g/mol. The number of carbonyl (C=O) groups excluding carboxylic acids is 1. The molecule has 3 aromatic rings. The topological polar surface area (TPSA) is 47.8 Å². The highest BCUT2D eigenvalue weighted by Gasteiger charge is 2.16. The van der Waals surface area contributed by atoms with Crippen molar-refractivity contribution in [3.05, 3.63) is 71.0 Å². The summed E-state index contributed by atoms with van der Waals surface area (Å²) in [7, 11) is 0. The number of aromatic nitrogens is 3. The third-order valence-electron chi connectivity index (χ3n) is 3.82. The first-order chi connectivity index (χ1) is 12.1. The predicted octanol–water partition coefficient (Wildman–Crippen LogP) is 4.84. The van der Waals surface area contributed by atoms with Crippen LogP contribution in [0.5, 0.6) is 0 Å². The molecule has 0 aliphatic heterocycles. The van der Waals surface area contributed by atoms with Gasteiger partial charge in [-0.15, -0.1) is 0 Å². The Balaban J connectivity index is 1.98. The summed E-state index contributed by atoms with van der Waals surface area (Å²) in [5, 5.41) is 0.721. The van der Waals surface area contributed by atoms with E-state index in [1.807, 2.05) is 36.5 Å². The smallest absolute Gasteiger partial charge is 0.219 e. The van der Waals surface area contributed by atoms with Crippen LogP contribution < -0.4 is 0 Å². The third kappa shape index (κ3) is 4.11. The molecule has 0 amide bonds. The van der Waals surface area contributed by atoms with Gasteiger partial charge in [-0.05, 0) is 35.7 Å². The highest BCUT2D eigenvalue weighted by molar-refractivity contribution is 7.99. The van der Waals surface area contributed by atoms with Gasteiger partial charge in [-0.1, -0.05) is 43.3 Å². The molecule has 128 valence electrons. The lowest BCUT2D eigenvalue weighted by atomic mass is 9.99. The van der Waals surface area contributed by atoms with E-state index in [1.54, 1.807) is 24.2 Å². The van der Waals surface area contributed by atoms with Gasteiger partial charge in [0.2, 0.25) is 6.41 Å². The maximum absolute atomic E-state index is 11.1. The minimum absolute atomic E-state index is 0.296. The molecular formula is C19H18ClN3OS. The summed E-state index contributed by atoms with van der Waals surface area (Å²) in [6, 6.07) is 9.83. The van der Waals surface area contributed by atoms with Crippen LogP contribution in [0, 0.1) is 0 Å². The Hall–Kier alpha value is -2.11. The number of benzene rings is 1. The number of nitrogens with zero attached hydrogens (tertiary/aromatic N) is 3. The second-order valence-electron chi connectivity index (χ2n) is 5.92. The van der Waals surface area contributed by atoms with Crippen LogP contribution >= 0.6 is 23.4 Å². The molecule has 6 heteroatoms. The maximum Gasteiger partial charge on any atom is 0.219 e. The Morgan fingerprint density at radius 1 is 1.24 bits per heavy atom. The first-order valence-electron chi connectivity index (χ1n) is 7.96. The third-order valence-corrected chi connectivity index (χ3v) is 5.12. The van der Waals surface area contributed by atoms with Crippen molar-refractivity contribution in [2.45, 2.75) is 36.0 Å². The van der Waals surface area contributed by atoms with E-state index in [2.05, 4.69) is 23.8 Å². The lowest BCUT2D eigenvalue weighted by molar-refractivity contribution is 0.545. The Labute approximate surface area is 156 Å². The van der Waals surface area contributed by atoms with Crippen LogP contribution in [0.2, 0.25) is 5.02 Å². The largest absolute Gasteiger partial charge is 0.278 e. The molecule has 2 aromatic heterocycles. The van der Waals surface area contributed by atoms with Crippen LogP contribution in [0.15, 0.2) is 58.7 Å². The van der Waals surface area contributed by atoms with Crippen molar-refractivity contribution >= 4 is 29.8 Å². The van der Waals surface area contributed by atoms with Gasteiger partial charge in [-0.2, -0.15) is 0 Å². The second kappa shape index (κ2) is 7.85. The number of halogens is 1. The maximum atomic E-state index is 11.1. The molecule has 1 aromatic carbocycles. The Morgan fingerprint density at radius 2 is 2.08 bits per heavy atom. The van der Waals surface area contributed by atoms with Crippen LogP contribution in [0.1, 0.15) is 36.8 Å². The molecule has 25 heavy (non-hydrogen) atoms. The average Bonchev–Trinajstić information content (AvgIpc) is 3.02. The summed E-state index contributed by atoms with van der Waals surface area (Å²) in [5.74, 6) is 0.985. The SMILES string of the molecule is CC(C)c1c(Sc2cccc(Cl)c2)ccnc1Cc1nccn1C=O. The van der Waals surface area contributed by atoms with E-state index < -0.39 is 0 Å². The van der Waals surface area contributed by atoms with Crippen LogP contribution in [0.3, 0.4) is 0 Å². The molecule has 0 saturated carbocycles. The zero-order chi connectivity index (χ0) is 17.8. The Morgan fingerprint density at radius 3 is 2.80 bits per heavy atom. The fraction of sp³-hybridized carbons (Fsp3) is 0.211. The summed E-state index contributed by atoms with van der Waals surface area (Å²) in [6.45, 7) is 4.30. The van der Waals surface area contributed by atoms with E-state index in [0.717, 1.165) is 26.9 Å². The molecule has 0 unspecified atom stereocenters. The molecule has 4 nitrogen and oxygen atoms in total. The Kier molecular flexibility index (Phi) is 5.56. The summed E-state index contributed by atoms with van der Waals surface area (Å²) >= 11 is 7.78. The van der Waals surface area contributed by atoms with Crippen molar-refractivity contribution in [1.29, 1.82) is 0 Å². The van der Waals surface area contributed by atoms with Gasteiger partial charge in [0.25, 0.3) is 0 Å². The number of pyridine rings is 1. The molecule has 0 bridgehead atoms. The van der Waals surface area contributed by atoms with Gasteiger partial charge in [0.1, 0.15) is 5.82 Å². The van der Waals surface area contributed by atoms with Crippen molar-refractivity contribution < 1.29 is 4.79 Å². The van der Waals surface area contributed by atoms with Gasteiger partial charge < -0.3 is 0 Å². The van der Waals surface area contributed by atoms with Gasteiger partial charge in [0, 0.05) is 39.8 Å². The number of rotatable bonds is 6. The van der Waals surface area contributed by atoms with Gasteiger partial charge in [0.05, 0.1) is 5.69 Å². The summed E-state index contributed by atoms with van der Waals surface area (Å²) in [4.78, 5) is 22.2. The van der Waals surface area contributed by atoms with Crippen LogP contribution in [0.4, 0.5) is 0 Å². The molecule has 0 aliphatic rings. The second-order valence-corrected chi connectivity index (χ2v) is 7.47. The molecule has 0 atom stereocenters. The van der Waals surface area contributed by atoms with E-state index in [4.69, 9.17) is 11.6 Å². The quantitative estimate of drug-likeness (QED) is 0.582. The highest BCUT2D eigenvalue weighted by Crippen LogP contribution is 2.36. The minimum atomic E-state index is 0.296. The molecule has 0 spiro atoms. The molecular weight excluding hydrogens is 354 g/mol. The van der Waals surface area contributed by atoms with E-state index in [1.165, 1.54) is 10.1 Å². The zero-order valence-corrected chi connectivity index (χ0v) is 15.6. The molecule has 3 rings (SSSR count). The van der Waals surface area contributed by atoms with E-state index >= 15 is 0 Å². The van der Waals surface area contributed by atoms with Crippen LogP contribution in [-0.2, 0) is 11.2 Å². The van der Waals surface area contributed by atoms with Crippen molar-refractivity contribution in [2.75, 3.05) is 0 Å². The molecule has 0 fully saturated rings. The van der Waals surface area contributed by atoms with Gasteiger partial charge in [-0.25, -0.2) is 4.98 Å². The van der Waals surface area contributed by atoms with E-state index in [-0.39, 0.29) is 0 Å². The van der Waals surface area contributed by atoms with E-state index in [9.17, 15) is 4.79 Å². The molecule has 0 N–H and O–H groups in total. The fourth-order valence-electron chi connectivity index (χ4n) is 2.73. The van der Waals surface area contributed by atoms with Crippen molar-refractivity contribution in [2.24, 2.45) is 0 Å². The monoisotopic (exact) mass is 371 g/mol. The summed E-state index contributed by atoms with van der Waals surface area (Å²) in [6.07, 6.45) is 6.37. The molecule has 0 radical (unpaired) electrons. The van der Waals surface area contributed by atoms with Crippen molar-refractivity contribution in [3.63, 3.8) is 0 Å². The summed E-state index contributed by atoms with van der Waals surface area (Å²) in [5.41, 5.74) is 2.12. The Bertz CT molecular complexity index is 892. The van der Waals surface area contributed by atoms with Crippen LogP contribution in [0.25, 0.3) is 0 Å². The number of carbonyl (C=O) groups is 1. The van der Waals surface area contributed by atoms with Crippen LogP contribution in [-0.4, -0.2) is 20.9 Å². The normalized spacial score (nSPS) is 11.0. The molecule has 0 aliphatic carbocycles. The summed E-state index contributed by atoms with van der Waals surface area (Å²) < 4.78 is 1.49. The lowest BCUT2D eigenvalue weighted by Crippen LogP contribution is -2.07. The van der Waals surface area contributed by atoms with Gasteiger partial charge in [-0.3, -0.25) is 14.3 Å². The van der Waals surface area contributed by atoms with E-state index in [0.29, 0.717) is 18.2 Å². The van der Waals surface area contributed by atoms with Gasteiger partial charge >= 0.3 is 0 Å². The van der Waals surface area contributed by atoms with Crippen molar-refractivity contribution in [3.8, 4) is 0 Å². The predicted molar refractivity (Wildman–Crippen MR) is 101 cm³/mol. The first-order valence-corrected chi connectivity index (χ1v) is 9.16. The standard InChI is InChI=1S/C19H18ClN3OS/c1-13(2)19-16(11-18-22-8-9-23(18)12-24)21-7-6-17(19)25-15-5-3-4-14(20)10-15/h3-10,12-13H,11H2,1-2H3. The van der Waals surface area contributed by atoms with Crippen molar-refractivity contribution in [1.82, 2.24) is 14.5 Å². The molecule has 0 saturated heterocycles. The highest BCUT2D eigenvalue weighted by atomic mass is 35.5. The zero-order valence-electron chi connectivity index (χ0n) is 14.0. The lowest BCUT2D eigenvalue weighted by Gasteiger charge is -2.16. The number of hydrogen-bond acceptors (Lipinski definition) is 4. The number of hydrogen-bond donors (Lipinski definition) is 0. The number of imidazole rings is 1. The minimum Gasteiger partial charge on any atom is -0.278 e. The first kappa shape index (κ1) is 17.7.